The van der Waals surface area contributed by atoms with Crippen molar-refractivity contribution in [3.63, 3.8) is 0 Å². The van der Waals surface area contributed by atoms with Crippen LogP contribution >= 0.6 is 11.8 Å². The number of amides is 3. The monoisotopic (exact) mass is 466 g/mol. The molecule has 2 aromatic rings. The number of imide groups is 1. The fraction of sp³-hybridized carbons (Fsp3) is 0.320. The predicted molar refractivity (Wildman–Crippen MR) is 127 cm³/mol. The minimum Gasteiger partial charge on any atom is -0.490 e. The fourth-order valence-electron chi connectivity index (χ4n) is 3.70. The molecule has 7 nitrogen and oxygen atoms in total. The van der Waals surface area contributed by atoms with Gasteiger partial charge in [0.1, 0.15) is 31.3 Å². The van der Waals surface area contributed by atoms with Crippen molar-refractivity contribution in [3.8, 4) is 11.5 Å². The number of rotatable bonds is 8. The van der Waals surface area contributed by atoms with Gasteiger partial charge in [-0.3, -0.25) is 19.3 Å². The lowest BCUT2D eigenvalue weighted by molar-refractivity contribution is -0.136. The van der Waals surface area contributed by atoms with Crippen LogP contribution in [0.3, 0.4) is 0 Å². The van der Waals surface area contributed by atoms with E-state index in [1.165, 1.54) is 0 Å². The number of hydrogen-bond acceptors (Lipinski definition) is 6. The van der Waals surface area contributed by atoms with Gasteiger partial charge < -0.3 is 14.4 Å². The third-order valence-corrected chi connectivity index (χ3v) is 6.30. The van der Waals surface area contributed by atoms with E-state index in [0.29, 0.717) is 37.0 Å². The van der Waals surface area contributed by atoms with Crippen LogP contribution in [0.1, 0.15) is 24.8 Å². The summed E-state index contributed by atoms with van der Waals surface area (Å²) < 4.78 is 11.4. The summed E-state index contributed by atoms with van der Waals surface area (Å²) in [6.45, 7) is 1.94. The van der Waals surface area contributed by atoms with Gasteiger partial charge in [0.25, 0.3) is 11.1 Å². The number of ether oxygens (including phenoxy) is 2. The summed E-state index contributed by atoms with van der Waals surface area (Å²) in [6, 6.07) is 16.8. The molecule has 2 fully saturated rings. The highest BCUT2D eigenvalue weighted by Crippen LogP contribution is 2.32. The van der Waals surface area contributed by atoms with Gasteiger partial charge in [-0.05, 0) is 66.9 Å². The van der Waals surface area contributed by atoms with Gasteiger partial charge in [-0.1, -0.05) is 30.3 Å². The third kappa shape index (κ3) is 6.16. The lowest BCUT2D eigenvalue weighted by Gasteiger charge is -2.27. The molecule has 0 bridgehead atoms. The second-order valence-electron chi connectivity index (χ2n) is 7.79. The molecule has 0 aromatic heterocycles. The molecule has 0 aliphatic carbocycles. The molecule has 33 heavy (non-hydrogen) atoms. The zero-order chi connectivity index (χ0) is 23.0. The van der Waals surface area contributed by atoms with E-state index < -0.39 is 11.1 Å². The Balaban J connectivity index is 1.33. The van der Waals surface area contributed by atoms with Gasteiger partial charge in [-0.15, -0.1) is 0 Å². The molecule has 0 radical (unpaired) electrons. The number of thioether (sulfide) groups is 1. The molecule has 4 rings (SSSR count). The molecule has 2 aliphatic rings. The molecule has 2 aliphatic heterocycles. The molecule has 3 amide bonds. The normalized spacial score (nSPS) is 17.5. The summed E-state index contributed by atoms with van der Waals surface area (Å²) in [5.74, 6) is 0.813. The highest BCUT2D eigenvalue weighted by Gasteiger charge is 2.37. The summed E-state index contributed by atoms with van der Waals surface area (Å²) in [6.07, 6.45) is 4.69. The molecular weight excluding hydrogens is 440 g/mol. The average Bonchev–Trinajstić information content (AvgIpc) is 3.10. The number of carbonyl (C=O) groups excluding carboxylic acids is 3. The van der Waals surface area contributed by atoms with Crippen LogP contribution in [0, 0.1) is 0 Å². The van der Waals surface area contributed by atoms with E-state index in [1.54, 1.807) is 17.0 Å². The molecule has 2 saturated heterocycles. The summed E-state index contributed by atoms with van der Waals surface area (Å²) in [5, 5.41) is -0.415. The van der Waals surface area contributed by atoms with Gasteiger partial charge in [0, 0.05) is 13.1 Å². The Hall–Kier alpha value is -3.26. The van der Waals surface area contributed by atoms with Crippen LogP contribution in [-0.4, -0.2) is 59.7 Å². The van der Waals surface area contributed by atoms with Crippen LogP contribution in [0.5, 0.6) is 11.5 Å². The molecule has 2 aromatic carbocycles. The smallest absolute Gasteiger partial charge is 0.294 e. The predicted octanol–water partition coefficient (Wildman–Crippen LogP) is 4.19. The minimum atomic E-state index is -0.432. The van der Waals surface area contributed by atoms with E-state index in [2.05, 4.69) is 0 Å². The van der Waals surface area contributed by atoms with Crippen LogP contribution in [0.25, 0.3) is 6.08 Å². The Bertz CT molecular complexity index is 1030. The standard InChI is InChI=1S/C25H26N2O5S/c28-23(26-12-5-2-6-13-26)18-27-24(29)22(33-25(27)30)17-19-8-7-11-21(16-19)32-15-14-31-20-9-3-1-4-10-20/h1,3-4,7-11,16-17H,2,5-6,12-15,18H2/b22-17+. The van der Waals surface area contributed by atoms with Crippen molar-refractivity contribution in [1.82, 2.24) is 9.80 Å². The van der Waals surface area contributed by atoms with E-state index >= 15 is 0 Å². The quantitative estimate of drug-likeness (QED) is 0.429. The molecule has 0 atom stereocenters. The maximum Gasteiger partial charge on any atom is 0.294 e. The number of nitrogens with zero attached hydrogens (tertiary/aromatic N) is 2. The van der Waals surface area contributed by atoms with Gasteiger partial charge >= 0.3 is 0 Å². The van der Waals surface area contributed by atoms with Crippen molar-refractivity contribution in [1.29, 1.82) is 0 Å². The Morgan fingerprint density at radius 1 is 0.909 bits per heavy atom. The SMILES string of the molecule is O=C(CN1C(=O)S/C(=C/c2cccc(OCCOc3ccccc3)c2)C1=O)N1CCCCC1. The first-order chi connectivity index (χ1) is 16.1. The Labute approximate surface area is 197 Å². The molecule has 8 heteroatoms. The number of para-hydroxylation sites is 1. The van der Waals surface area contributed by atoms with Crippen molar-refractivity contribution < 1.29 is 23.9 Å². The van der Waals surface area contributed by atoms with Crippen LogP contribution in [0.2, 0.25) is 0 Å². The van der Waals surface area contributed by atoms with E-state index in [1.807, 2.05) is 48.5 Å². The van der Waals surface area contributed by atoms with Crippen LogP contribution < -0.4 is 9.47 Å². The Kier molecular flexibility index (Phi) is 7.67. The fourth-order valence-corrected chi connectivity index (χ4v) is 4.53. The first kappa shape index (κ1) is 22.9. The van der Waals surface area contributed by atoms with Crippen LogP contribution in [0.15, 0.2) is 59.5 Å². The van der Waals surface area contributed by atoms with Crippen LogP contribution in [-0.2, 0) is 9.59 Å². The molecular formula is C25H26N2O5S. The van der Waals surface area contributed by atoms with Gasteiger partial charge in [0.15, 0.2) is 0 Å². The van der Waals surface area contributed by atoms with E-state index in [-0.39, 0.29) is 12.5 Å². The molecule has 172 valence electrons. The van der Waals surface area contributed by atoms with Crippen molar-refractivity contribution in [2.24, 2.45) is 0 Å². The Morgan fingerprint density at radius 3 is 2.36 bits per heavy atom. The van der Waals surface area contributed by atoms with Gasteiger partial charge in [0.2, 0.25) is 5.91 Å². The summed E-state index contributed by atoms with van der Waals surface area (Å²) in [7, 11) is 0. The summed E-state index contributed by atoms with van der Waals surface area (Å²) >= 11 is 0.857. The zero-order valence-electron chi connectivity index (χ0n) is 18.3. The largest absolute Gasteiger partial charge is 0.490 e. The summed E-state index contributed by atoms with van der Waals surface area (Å²) in [5.41, 5.74) is 0.740. The van der Waals surface area contributed by atoms with Crippen molar-refractivity contribution in [3.05, 3.63) is 65.1 Å². The van der Waals surface area contributed by atoms with E-state index in [9.17, 15) is 14.4 Å². The zero-order valence-corrected chi connectivity index (χ0v) is 19.1. The van der Waals surface area contributed by atoms with Crippen molar-refractivity contribution in [2.45, 2.75) is 19.3 Å². The number of likely N-dealkylation sites (tertiary alicyclic amines) is 1. The average molecular weight is 467 g/mol. The molecule has 0 spiro atoms. The van der Waals surface area contributed by atoms with E-state index in [0.717, 1.165) is 47.2 Å². The molecule has 0 N–H and O–H groups in total. The number of carbonyl (C=O) groups is 3. The van der Waals surface area contributed by atoms with Gasteiger partial charge in [-0.2, -0.15) is 0 Å². The lowest BCUT2D eigenvalue weighted by Crippen LogP contribution is -2.44. The molecule has 2 heterocycles. The number of benzene rings is 2. The second-order valence-corrected chi connectivity index (χ2v) is 8.78. The maximum absolute atomic E-state index is 12.8. The topological polar surface area (TPSA) is 76.1 Å². The highest BCUT2D eigenvalue weighted by atomic mass is 32.2. The molecule has 0 saturated carbocycles. The van der Waals surface area contributed by atoms with Crippen molar-refractivity contribution in [2.75, 3.05) is 32.8 Å². The van der Waals surface area contributed by atoms with Gasteiger partial charge in [0.05, 0.1) is 4.91 Å². The van der Waals surface area contributed by atoms with Gasteiger partial charge in [-0.25, -0.2) is 0 Å². The first-order valence-corrected chi connectivity index (χ1v) is 11.9. The lowest BCUT2D eigenvalue weighted by atomic mass is 10.1. The minimum absolute atomic E-state index is 0.175. The van der Waals surface area contributed by atoms with Crippen molar-refractivity contribution >= 4 is 34.9 Å². The summed E-state index contributed by atoms with van der Waals surface area (Å²) in [4.78, 5) is 40.7. The maximum atomic E-state index is 12.8. The molecule has 0 unspecified atom stereocenters. The third-order valence-electron chi connectivity index (χ3n) is 5.40. The highest BCUT2D eigenvalue weighted by molar-refractivity contribution is 8.18. The number of hydrogen-bond donors (Lipinski definition) is 0. The van der Waals surface area contributed by atoms with Crippen LogP contribution in [0.4, 0.5) is 4.79 Å². The second kappa shape index (κ2) is 11.0. The van der Waals surface area contributed by atoms with E-state index in [4.69, 9.17) is 9.47 Å². The first-order valence-electron chi connectivity index (χ1n) is 11.0. The number of piperidine rings is 1. The Morgan fingerprint density at radius 2 is 1.61 bits per heavy atom.